The quantitative estimate of drug-likeness (QED) is 0.428. The number of aliphatic imine (C=N–C) groups is 1. The lowest BCUT2D eigenvalue weighted by molar-refractivity contribution is 0.254. The van der Waals surface area contributed by atoms with Gasteiger partial charge in [-0.3, -0.25) is 9.89 Å². The van der Waals surface area contributed by atoms with Crippen LogP contribution in [0, 0.1) is 6.92 Å². The largest absolute Gasteiger partial charge is 0.356 e. The fraction of sp³-hybridized carbons (Fsp3) is 0.526. The summed E-state index contributed by atoms with van der Waals surface area (Å²) in [5, 5.41) is 8.93. The molecule has 27 heavy (non-hydrogen) atoms. The Labute approximate surface area is 165 Å². The van der Waals surface area contributed by atoms with Crippen molar-refractivity contribution in [3.63, 3.8) is 0 Å². The predicted octanol–water partition coefficient (Wildman–Crippen LogP) is 1.72. The number of nitrogens with one attached hydrogen (secondary N) is 2. The van der Waals surface area contributed by atoms with Crippen LogP contribution < -0.4 is 15.5 Å². The first kappa shape index (κ1) is 19.6. The van der Waals surface area contributed by atoms with E-state index in [0.717, 1.165) is 64.1 Å². The van der Waals surface area contributed by atoms with Crippen molar-refractivity contribution >= 4 is 23.2 Å². The number of thiophene rings is 1. The Morgan fingerprint density at radius 2 is 1.96 bits per heavy atom. The van der Waals surface area contributed by atoms with Crippen LogP contribution in [0.2, 0.25) is 0 Å². The van der Waals surface area contributed by atoms with Crippen LogP contribution >= 0.6 is 11.3 Å². The first-order chi connectivity index (χ1) is 13.3. The van der Waals surface area contributed by atoms with Gasteiger partial charge in [-0.2, -0.15) is 0 Å². The van der Waals surface area contributed by atoms with Gasteiger partial charge in [0, 0.05) is 57.0 Å². The van der Waals surface area contributed by atoms with Crippen LogP contribution in [-0.2, 0) is 6.54 Å². The van der Waals surface area contributed by atoms with Gasteiger partial charge in [0.2, 0.25) is 5.95 Å². The molecule has 0 spiro atoms. The van der Waals surface area contributed by atoms with Gasteiger partial charge in [0.05, 0.1) is 6.54 Å². The van der Waals surface area contributed by atoms with E-state index in [0.29, 0.717) is 0 Å². The van der Waals surface area contributed by atoms with Crippen molar-refractivity contribution in [2.24, 2.45) is 4.99 Å². The van der Waals surface area contributed by atoms with E-state index in [1.807, 2.05) is 13.1 Å². The summed E-state index contributed by atoms with van der Waals surface area (Å²) in [5.41, 5.74) is 1.34. The van der Waals surface area contributed by atoms with Crippen LogP contribution in [0.4, 0.5) is 5.95 Å². The molecule has 146 valence electrons. The van der Waals surface area contributed by atoms with Crippen molar-refractivity contribution in [3.05, 3.63) is 40.3 Å². The maximum atomic E-state index is 4.34. The molecule has 0 aromatic carbocycles. The number of hydrogen-bond donors (Lipinski definition) is 2. The Hall–Kier alpha value is -2.19. The van der Waals surface area contributed by atoms with E-state index in [9.17, 15) is 0 Å². The summed E-state index contributed by atoms with van der Waals surface area (Å²) in [4.78, 5) is 19.1. The first-order valence-corrected chi connectivity index (χ1v) is 10.4. The number of hydrogen-bond acceptors (Lipinski definition) is 6. The number of piperazine rings is 1. The molecule has 0 bridgehead atoms. The average Bonchev–Trinajstić information content (AvgIpc) is 3.13. The molecule has 2 N–H and O–H groups in total. The Bertz CT molecular complexity index is 708. The Morgan fingerprint density at radius 1 is 1.19 bits per heavy atom. The third-order valence-electron chi connectivity index (χ3n) is 4.76. The second-order valence-corrected chi connectivity index (χ2v) is 7.61. The number of aromatic nitrogens is 2. The molecule has 7 nitrogen and oxygen atoms in total. The maximum Gasteiger partial charge on any atom is 0.225 e. The van der Waals surface area contributed by atoms with Crippen molar-refractivity contribution in [1.82, 2.24) is 25.5 Å². The van der Waals surface area contributed by atoms with E-state index < -0.39 is 0 Å². The topological polar surface area (TPSA) is 68.7 Å². The minimum absolute atomic E-state index is 0.826. The zero-order valence-electron chi connectivity index (χ0n) is 16.2. The normalized spacial score (nSPS) is 15.8. The summed E-state index contributed by atoms with van der Waals surface area (Å²) in [7, 11) is 1.82. The first-order valence-electron chi connectivity index (χ1n) is 9.48. The molecule has 0 unspecified atom stereocenters. The second-order valence-electron chi connectivity index (χ2n) is 6.61. The lowest BCUT2D eigenvalue weighted by atomic mass is 10.3. The molecule has 3 rings (SSSR count). The Morgan fingerprint density at radius 3 is 2.63 bits per heavy atom. The van der Waals surface area contributed by atoms with E-state index in [-0.39, 0.29) is 0 Å². The summed E-state index contributed by atoms with van der Waals surface area (Å²) in [6.45, 7) is 9.08. The van der Waals surface area contributed by atoms with Gasteiger partial charge in [0.15, 0.2) is 5.96 Å². The second kappa shape index (κ2) is 10.2. The Kier molecular flexibility index (Phi) is 7.41. The molecular weight excluding hydrogens is 358 g/mol. The number of anilines is 1. The molecular formula is C19H29N7S. The van der Waals surface area contributed by atoms with Crippen LogP contribution in [-0.4, -0.2) is 67.1 Å². The maximum absolute atomic E-state index is 4.34. The lowest BCUT2D eigenvalue weighted by Gasteiger charge is -2.34. The van der Waals surface area contributed by atoms with Crippen molar-refractivity contribution in [2.75, 3.05) is 51.2 Å². The third kappa shape index (κ3) is 5.90. The number of guanidine groups is 1. The lowest BCUT2D eigenvalue weighted by Crippen LogP contribution is -2.47. The molecule has 1 aliphatic rings. The monoisotopic (exact) mass is 387 g/mol. The van der Waals surface area contributed by atoms with Crippen molar-refractivity contribution in [3.8, 4) is 0 Å². The molecule has 0 radical (unpaired) electrons. The summed E-state index contributed by atoms with van der Waals surface area (Å²) < 4.78 is 0. The highest BCUT2D eigenvalue weighted by atomic mass is 32.1. The summed E-state index contributed by atoms with van der Waals surface area (Å²) in [5.74, 6) is 1.71. The van der Waals surface area contributed by atoms with Crippen LogP contribution in [0.1, 0.15) is 16.9 Å². The minimum Gasteiger partial charge on any atom is -0.356 e. The van der Waals surface area contributed by atoms with Gasteiger partial charge in [0.1, 0.15) is 0 Å². The summed E-state index contributed by atoms with van der Waals surface area (Å²) >= 11 is 1.78. The molecule has 1 saturated heterocycles. The number of aryl methyl sites for hydroxylation is 1. The Balaban J connectivity index is 1.30. The third-order valence-corrected chi connectivity index (χ3v) is 5.78. The minimum atomic E-state index is 0.826. The standard InChI is InChI=1S/C19H29N7S/c1-16-5-14-27-17(16)15-24-18(20-2)21-8-4-9-25-10-12-26(13-11-25)19-22-6-3-7-23-19/h3,5-7,14H,4,8-13,15H2,1-2H3,(H2,20,21,24). The summed E-state index contributed by atoms with van der Waals surface area (Å²) in [6, 6.07) is 4.01. The summed E-state index contributed by atoms with van der Waals surface area (Å²) in [6.07, 6.45) is 4.71. The number of nitrogens with zero attached hydrogens (tertiary/aromatic N) is 5. The molecule has 1 aliphatic heterocycles. The SMILES string of the molecule is CN=C(NCCCN1CCN(c2ncccn2)CC1)NCc1sccc1C. The number of rotatable bonds is 7. The molecule has 2 aromatic heterocycles. The average molecular weight is 388 g/mol. The van der Waals surface area contributed by atoms with Gasteiger partial charge in [-0.05, 0) is 43.0 Å². The van der Waals surface area contributed by atoms with Gasteiger partial charge in [0.25, 0.3) is 0 Å². The predicted molar refractivity (Wildman–Crippen MR) is 113 cm³/mol. The molecule has 2 aromatic rings. The van der Waals surface area contributed by atoms with E-state index in [4.69, 9.17) is 0 Å². The zero-order valence-corrected chi connectivity index (χ0v) is 17.0. The fourth-order valence-corrected chi connectivity index (χ4v) is 3.95. The smallest absolute Gasteiger partial charge is 0.225 e. The van der Waals surface area contributed by atoms with Gasteiger partial charge >= 0.3 is 0 Å². The van der Waals surface area contributed by atoms with Gasteiger partial charge in [-0.25, -0.2) is 9.97 Å². The molecule has 1 fully saturated rings. The van der Waals surface area contributed by atoms with Crippen LogP contribution in [0.3, 0.4) is 0 Å². The van der Waals surface area contributed by atoms with E-state index in [1.54, 1.807) is 23.7 Å². The molecule has 3 heterocycles. The highest BCUT2D eigenvalue weighted by Crippen LogP contribution is 2.14. The molecule has 0 atom stereocenters. The van der Waals surface area contributed by atoms with Crippen molar-refractivity contribution < 1.29 is 0 Å². The van der Waals surface area contributed by atoms with Crippen LogP contribution in [0.25, 0.3) is 0 Å². The van der Waals surface area contributed by atoms with E-state index in [2.05, 4.69) is 53.8 Å². The fourth-order valence-electron chi connectivity index (χ4n) is 3.11. The van der Waals surface area contributed by atoms with Gasteiger partial charge < -0.3 is 15.5 Å². The van der Waals surface area contributed by atoms with Crippen molar-refractivity contribution in [2.45, 2.75) is 19.9 Å². The van der Waals surface area contributed by atoms with Crippen molar-refractivity contribution in [1.29, 1.82) is 0 Å². The molecule has 8 heteroatoms. The van der Waals surface area contributed by atoms with E-state index in [1.165, 1.54) is 10.4 Å². The molecule has 0 amide bonds. The van der Waals surface area contributed by atoms with Gasteiger partial charge in [-0.15, -0.1) is 11.3 Å². The zero-order chi connectivity index (χ0) is 18.9. The van der Waals surface area contributed by atoms with E-state index >= 15 is 0 Å². The highest BCUT2D eigenvalue weighted by Gasteiger charge is 2.18. The molecule has 0 aliphatic carbocycles. The van der Waals surface area contributed by atoms with Gasteiger partial charge in [-0.1, -0.05) is 0 Å². The highest BCUT2D eigenvalue weighted by molar-refractivity contribution is 7.10. The molecule has 0 saturated carbocycles. The van der Waals surface area contributed by atoms with Crippen LogP contribution in [0.5, 0.6) is 0 Å². The van der Waals surface area contributed by atoms with Crippen LogP contribution in [0.15, 0.2) is 34.9 Å².